The molecule has 6 heteroatoms. The number of urea groups is 1. The fourth-order valence-corrected chi connectivity index (χ4v) is 4.08. The summed E-state index contributed by atoms with van der Waals surface area (Å²) >= 11 is 0. The van der Waals surface area contributed by atoms with Gasteiger partial charge >= 0.3 is 6.03 Å². The molecule has 1 fully saturated rings. The zero-order valence-electron chi connectivity index (χ0n) is 10.9. The highest BCUT2D eigenvalue weighted by Gasteiger charge is 2.32. The molecule has 2 rings (SSSR count). The molecule has 19 heavy (non-hydrogen) atoms. The van der Waals surface area contributed by atoms with Crippen LogP contribution in [0.15, 0.2) is 35.2 Å². The highest BCUT2D eigenvalue weighted by Crippen LogP contribution is 2.24. The summed E-state index contributed by atoms with van der Waals surface area (Å²) in [6.45, 7) is 0.965. The van der Waals surface area contributed by atoms with E-state index < -0.39 is 15.1 Å². The second kappa shape index (κ2) is 5.61. The second-order valence-corrected chi connectivity index (χ2v) is 6.83. The first kappa shape index (κ1) is 13.9. The number of carbonyl (C=O) groups is 1. The van der Waals surface area contributed by atoms with Crippen molar-refractivity contribution in [2.45, 2.75) is 23.0 Å². The standard InChI is InChI=1S/C13H18N2O3S/c1-14-13(16)15-9-7-12(8-10-15)19(17,18)11-5-3-2-4-6-11/h2-6,12H,7-10H2,1H3,(H,14,16). The number of carbonyl (C=O) groups excluding carboxylic acids is 1. The molecule has 0 unspecified atom stereocenters. The second-order valence-electron chi connectivity index (χ2n) is 4.60. The van der Waals surface area contributed by atoms with Gasteiger partial charge in [0.25, 0.3) is 0 Å². The first-order chi connectivity index (χ1) is 9.05. The zero-order chi connectivity index (χ0) is 13.9. The van der Waals surface area contributed by atoms with Crippen LogP contribution in [0.4, 0.5) is 4.79 Å². The minimum Gasteiger partial charge on any atom is -0.341 e. The van der Waals surface area contributed by atoms with Gasteiger partial charge in [0.2, 0.25) is 0 Å². The number of hydrogen-bond donors (Lipinski definition) is 1. The Morgan fingerprint density at radius 3 is 2.32 bits per heavy atom. The Bertz CT molecular complexity index is 534. The quantitative estimate of drug-likeness (QED) is 0.888. The van der Waals surface area contributed by atoms with Crippen LogP contribution < -0.4 is 5.32 Å². The fraction of sp³-hybridized carbons (Fsp3) is 0.462. The minimum atomic E-state index is -3.28. The molecule has 0 radical (unpaired) electrons. The zero-order valence-corrected chi connectivity index (χ0v) is 11.7. The number of nitrogens with zero attached hydrogens (tertiary/aromatic N) is 1. The van der Waals surface area contributed by atoms with Crippen molar-refractivity contribution < 1.29 is 13.2 Å². The molecule has 0 aromatic heterocycles. The molecule has 1 heterocycles. The topological polar surface area (TPSA) is 66.5 Å². The monoisotopic (exact) mass is 282 g/mol. The third kappa shape index (κ3) is 2.89. The predicted molar refractivity (Wildman–Crippen MR) is 72.7 cm³/mol. The van der Waals surface area contributed by atoms with Gasteiger partial charge < -0.3 is 10.2 Å². The molecule has 0 saturated carbocycles. The van der Waals surface area contributed by atoms with Crippen LogP contribution in [0.5, 0.6) is 0 Å². The molecule has 0 spiro atoms. The van der Waals surface area contributed by atoms with E-state index in [1.807, 2.05) is 0 Å². The van der Waals surface area contributed by atoms with Crippen molar-refractivity contribution in [3.05, 3.63) is 30.3 Å². The summed E-state index contributed by atoms with van der Waals surface area (Å²) in [5.74, 6) is 0. The van der Waals surface area contributed by atoms with E-state index in [4.69, 9.17) is 0 Å². The number of nitrogens with one attached hydrogen (secondary N) is 1. The van der Waals surface area contributed by atoms with Gasteiger partial charge in [-0.15, -0.1) is 0 Å². The Balaban J connectivity index is 2.08. The van der Waals surface area contributed by atoms with Crippen molar-refractivity contribution in [2.24, 2.45) is 0 Å². The van der Waals surface area contributed by atoms with Crippen LogP contribution in [0.25, 0.3) is 0 Å². The van der Waals surface area contributed by atoms with Gasteiger partial charge in [0.1, 0.15) is 0 Å². The van der Waals surface area contributed by atoms with Crippen molar-refractivity contribution >= 4 is 15.9 Å². The van der Waals surface area contributed by atoms with Gasteiger partial charge in [0, 0.05) is 20.1 Å². The lowest BCUT2D eigenvalue weighted by Gasteiger charge is -2.31. The Labute approximate surface area is 113 Å². The SMILES string of the molecule is CNC(=O)N1CCC(S(=O)(=O)c2ccccc2)CC1. The van der Waals surface area contributed by atoms with Gasteiger partial charge in [-0.1, -0.05) is 18.2 Å². The summed E-state index contributed by atoms with van der Waals surface area (Å²) in [4.78, 5) is 13.5. The van der Waals surface area contributed by atoms with Crippen LogP contribution >= 0.6 is 0 Å². The highest BCUT2D eigenvalue weighted by atomic mass is 32.2. The molecular formula is C13H18N2O3S. The van der Waals surface area contributed by atoms with Crippen LogP contribution in [0, 0.1) is 0 Å². The van der Waals surface area contributed by atoms with E-state index in [-0.39, 0.29) is 6.03 Å². The number of hydrogen-bond acceptors (Lipinski definition) is 3. The molecule has 5 nitrogen and oxygen atoms in total. The van der Waals surface area contributed by atoms with Crippen molar-refractivity contribution in [3.8, 4) is 0 Å². The molecule has 1 aliphatic rings. The maximum absolute atomic E-state index is 12.4. The highest BCUT2D eigenvalue weighted by molar-refractivity contribution is 7.92. The summed E-state index contributed by atoms with van der Waals surface area (Å²) in [6, 6.07) is 8.36. The summed E-state index contributed by atoms with van der Waals surface area (Å²) in [7, 11) is -1.70. The maximum atomic E-state index is 12.4. The van der Waals surface area contributed by atoms with Crippen molar-refractivity contribution in [3.63, 3.8) is 0 Å². The van der Waals surface area contributed by atoms with Gasteiger partial charge in [-0.05, 0) is 25.0 Å². The van der Waals surface area contributed by atoms with Gasteiger partial charge in [-0.2, -0.15) is 0 Å². The molecular weight excluding hydrogens is 264 g/mol. The molecule has 1 aromatic rings. The van der Waals surface area contributed by atoms with Gasteiger partial charge in [0.05, 0.1) is 10.1 Å². The Morgan fingerprint density at radius 2 is 1.79 bits per heavy atom. The first-order valence-electron chi connectivity index (χ1n) is 6.31. The molecule has 1 N–H and O–H groups in total. The molecule has 0 aliphatic carbocycles. The molecule has 0 bridgehead atoms. The first-order valence-corrected chi connectivity index (χ1v) is 7.86. The van der Waals surface area contributed by atoms with Crippen molar-refractivity contribution in [2.75, 3.05) is 20.1 Å². The van der Waals surface area contributed by atoms with Crippen molar-refractivity contribution in [1.29, 1.82) is 0 Å². The van der Waals surface area contributed by atoms with E-state index >= 15 is 0 Å². The van der Waals surface area contributed by atoms with E-state index in [0.717, 1.165) is 0 Å². The Hall–Kier alpha value is -1.56. The van der Waals surface area contributed by atoms with E-state index in [0.29, 0.717) is 30.8 Å². The Kier molecular flexibility index (Phi) is 4.09. The summed E-state index contributed by atoms with van der Waals surface area (Å²) in [5.41, 5.74) is 0. The Morgan fingerprint density at radius 1 is 1.21 bits per heavy atom. The van der Waals surface area contributed by atoms with Crippen LogP contribution in [0.3, 0.4) is 0 Å². The molecule has 104 valence electrons. The summed E-state index contributed by atoms with van der Waals surface area (Å²) < 4.78 is 24.8. The van der Waals surface area contributed by atoms with E-state index in [9.17, 15) is 13.2 Å². The van der Waals surface area contributed by atoms with E-state index in [1.54, 1.807) is 42.3 Å². The maximum Gasteiger partial charge on any atom is 0.317 e. The fourth-order valence-electron chi connectivity index (χ4n) is 2.33. The third-order valence-electron chi connectivity index (χ3n) is 3.45. The van der Waals surface area contributed by atoms with Gasteiger partial charge in [0.15, 0.2) is 9.84 Å². The number of amides is 2. The predicted octanol–water partition coefficient (Wildman–Crippen LogP) is 1.26. The lowest BCUT2D eigenvalue weighted by molar-refractivity contribution is 0.189. The smallest absolute Gasteiger partial charge is 0.317 e. The molecule has 1 saturated heterocycles. The average Bonchev–Trinajstić information content (AvgIpc) is 2.47. The minimum absolute atomic E-state index is 0.143. The molecule has 1 aliphatic heterocycles. The van der Waals surface area contributed by atoms with Crippen LogP contribution in [0.2, 0.25) is 0 Å². The number of sulfone groups is 1. The number of piperidine rings is 1. The summed E-state index contributed by atoms with van der Waals surface area (Å²) in [6.07, 6.45) is 0.981. The summed E-state index contributed by atoms with van der Waals surface area (Å²) in [5, 5.41) is 2.16. The van der Waals surface area contributed by atoms with Crippen molar-refractivity contribution in [1.82, 2.24) is 10.2 Å². The van der Waals surface area contributed by atoms with Crippen LogP contribution in [-0.4, -0.2) is 44.7 Å². The normalized spacial score (nSPS) is 17.2. The lowest BCUT2D eigenvalue weighted by Crippen LogP contribution is -2.45. The van der Waals surface area contributed by atoms with Gasteiger partial charge in [-0.25, -0.2) is 13.2 Å². The number of benzene rings is 1. The lowest BCUT2D eigenvalue weighted by atomic mass is 10.1. The molecule has 1 aromatic carbocycles. The average molecular weight is 282 g/mol. The third-order valence-corrected chi connectivity index (χ3v) is 5.73. The largest absolute Gasteiger partial charge is 0.341 e. The van der Waals surface area contributed by atoms with Crippen LogP contribution in [-0.2, 0) is 9.84 Å². The van der Waals surface area contributed by atoms with Crippen LogP contribution in [0.1, 0.15) is 12.8 Å². The molecule has 2 amide bonds. The van der Waals surface area contributed by atoms with E-state index in [2.05, 4.69) is 5.32 Å². The van der Waals surface area contributed by atoms with Gasteiger partial charge in [-0.3, -0.25) is 0 Å². The van der Waals surface area contributed by atoms with E-state index in [1.165, 1.54) is 0 Å². The molecule has 0 atom stereocenters. The number of likely N-dealkylation sites (tertiary alicyclic amines) is 1. The number of rotatable bonds is 2.